The summed E-state index contributed by atoms with van der Waals surface area (Å²) in [6.07, 6.45) is 2.14. The van der Waals surface area contributed by atoms with Crippen molar-refractivity contribution in [1.82, 2.24) is 9.80 Å². The average molecular weight is 671 g/mol. The van der Waals surface area contributed by atoms with Crippen molar-refractivity contribution < 1.29 is 42.4 Å². The number of carboxylic acids is 1. The third-order valence-corrected chi connectivity index (χ3v) is 8.74. The summed E-state index contributed by atoms with van der Waals surface area (Å²) in [6, 6.07) is 12.9. The molecule has 5 rings (SSSR count). The molecule has 0 atom stereocenters. The highest BCUT2D eigenvalue weighted by Gasteiger charge is 2.31. The number of thioether (sulfide) groups is 1. The minimum Gasteiger partial charge on any atom is -0.493 e. The van der Waals surface area contributed by atoms with Crippen LogP contribution >= 0.6 is 24.0 Å². The van der Waals surface area contributed by atoms with Crippen molar-refractivity contribution in [1.29, 1.82) is 0 Å². The predicted molar refractivity (Wildman–Crippen MR) is 174 cm³/mol. The van der Waals surface area contributed by atoms with Gasteiger partial charge in [-0.3, -0.25) is 14.6 Å². The molecule has 0 radical (unpaired) electrons. The summed E-state index contributed by atoms with van der Waals surface area (Å²) >= 11 is 6.64. The van der Waals surface area contributed by atoms with Crippen LogP contribution in [0, 0.1) is 11.6 Å². The summed E-state index contributed by atoms with van der Waals surface area (Å²) < 4.78 is 51.5. The second-order valence-electron chi connectivity index (χ2n) is 10.4. The van der Waals surface area contributed by atoms with Crippen molar-refractivity contribution in [3.8, 4) is 28.4 Å². The molecule has 9 nitrogen and oxygen atoms in total. The molecule has 46 heavy (non-hydrogen) atoms. The Bertz CT molecular complexity index is 1650. The molecule has 1 amide bonds. The Labute approximate surface area is 274 Å². The Morgan fingerprint density at radius 1 is 0.978 bits per heavy atom. The molecule has 3 aromatic rings. The molecule has 0 bridgehead atoms. The lowest BCUT2D eigenvalue weighted by molar-refractivity contribution is -0.122. The van der Waals surface area contributed by atoms with Gasteiger partial charge >= 0.3 is 5.97 Å². The van der Waals surface area contributed by atoms with E-state index < -0.39 is 17.6 Å². The zero-order valence-electron chi connectivity index (χ0n) is 25.0. The normalized spacial score (nSPS) is 16.2. The van der Waals surface area contributed by atoms with Crippen LogP contribution in [-0.4, -0.2) is 90.8 Å². The highest BCUT2D eigenvalue weighted by Crippen LogP contribution is 2.37. The Morgan fingerprint density at radius 2 is 1.74 bits per heavy atom. The topological polar surface area (TPSA) is 97.8 Å². The van der Waals surface area contributed by atoms with Crippen molar-refractivity contribution in [2.45, 2.75) is 6.42 Å². The van der Waals surface area contributed by atoms with Crippen LogP contribution in [0.1, 0.15) is 22.3 Å². The van der Waals surface area contributed by atoms with Gasteiger partial charge in [-0.15, -0.1) is 0 Å². The molecule has 2 heterocycles. The number of hydrogen-bond acceptors (Lipinski definition) is 9. The number of methoxy groups -OCH3 is 1. The molecule has 2 saturated heterocycles. The largest absolute Gasteiger partial charge is 0.493 e. The molecule has 2 fully saturated rings. The smallest absolute Gasteiger partial charge is 0.335 e. The number of carboxylic acid groups (broad SMARTS) is 1. The first-order valence-corrected chi connectivity index (χ1v) is 15.8. The van der Waals surface area contributed by atoms with Crippen molar-refractivity contribution in [3.63, 3.8) is 0 Å². The lowest BCUT2D eigenvalue weighted by Gasteiger charge is -2.26. The third kappa shape index (κ3) is 8.21. The molecule has 0 saturated carbocycles. The molecule has 3 aromatic carbocycles. The van der Waals surface area contributed by atoms with Crippen LogP contribution in [0.2, 0.25) is 0 Å². The zero-order valence-corrected chi connectivity index (χ0v) is 26.6. The predicted octanol–water partition coefficient (Wildman–Crippen LogP) is 5.72. The number of morpholine rings is 1. The van der Waals surface area contributed by atoms with Crippen LogP contribution in [0.5, 0.6) is 17.2 Å². The van der Waals surface area contributed by atoms with Crippen molar-refractivity contribution in [2.75, 3.05) is 59.7 Å². The standard InChI is InChI=1S/C33H32F2N2O7S2/c1-41-29-19-22(32(39)40)4-8-28(29)43-13-2-9-37-31(38)30(46-33(37)45)18-21-3-7-27(44-16-12-36-10-14-42-15-11-36)25(17-21)24-6-5-23(34)20-26(24)35/h3-8,17-20H,2,9-16H2,1H3,(H,39,40)/b30-18-. The van der Waals surface area contributed by atoms with Crippen LogP contribution in [0.15, 0.2) is 59.5 Å². The van der Waals surface area contributed by atoms with E-state index in [1.54, 1.807) is 24.3 Å². The number of nitrogens with zero attached hydrogens (tertiary/aromatic N) is 2. The molecule has 0 aromatic heterocycles. The van der Waals surface area contributed by atoms with Gasteiger partial charge in [0.2, 0.25) is 0 Å². The molecule has 242 valence electrons. The van der Waals surface area contributed by atoms with Gasteiger partial charge in [-0.2, -0.15) is 0 Å². The van der Waals surface area contributed by atoms with Gasteiger partial charge in [0.05, 0.1) is 37.4 Å². The second-order valence-corrected chi connectivity index (χ2v) is 12.1. The van der Waals surface area contributed by atoms with Gasteiger partial charge in [0, 0.05) is 43.4 Å². The van der Waals surface area contributed by atoms with Crippen molar-refractivity contribution >= 4 is 46.3 Å². The number of aromatic carboxylic acids is 1. The summed E-state index contributed by atoms with van der Waals surface area (Å²) in [5.74, 6) is -1.62. The fourth-order valence-electron chi connectivity index (χ4n) is 4.96. The number of hydrogen-bond donors (Lipinski definition) is 1. The van der Waals surface area contributed by atoms with Gasteiger partial charge in [-0.05, 0) is 60.5 Å². The van der Waals surface area contributed by atoms with Gasteiger partial charge < -0.3 is 24.1 Å². The molecular formula is C33H32F2N2O7S2. The maximum Gasteiger partial charge on any atom is 0.335 e. The maximum absolute atomic E-state index is 14.9. The van der Waals surface area contributed by atoms with Gasteiger partial charge in [0.1, 0.15) is 28.3 Å². The first-order valence-electron chi connectivity index (χ1n) is 14.6. The van der Waals surface area contributed by atoms with Gasteiger partial charge in [0.15, 0.2) is 11.5 Å². The molecule has 1 N–H and O–H groups in total. The Balaban J connectivity index is 1.26. The third-order valence-electron chi connectivity index (χ3n) is 7.36. The number of ether oxygens (including phenoxy) is 4. The Kier molecular flexibility index (Phi) is 11.2. The monoisotopic (exact) mass is 670 g/mol. The lowest BCUT2D eigenvalue weighted by Crippen LogP contribution is -2.38. The molecule has 0 unspecified atom stereocenters. The van der Waals surface area contributed by atoms with E-state index >= 15 is 0 Å². The van der Waals surface area contributed by atoms with E-state index in [2.05, 4.69) is 4.90 Å². The van der Waals surface area contributed by atoms with E-state index in [1.807, 2.05) is 0 Å². The highest BCUT2D eigenvalue weighted by atomic mass is 32.2. The van der Waals surface area contributed by atoms with Crippen LogP contribution in [0.3, 0.4) is 0 Å². The molecule has 13 heteroatoms. The lowest BCUT2D eigenvalue weighted by atomic mass is 10.0. The first-order chi connectivity index (χ1) is 22.2. The summed E-state index contributed by atoms with van der Waals surface area (Å²) in [4.78, 5) is 28.6. The zero-order chi connectivity index (χ0) is 32.6. The summed E-state index contributed by atoms with van der Waals surface area (Å²) in [5, 5.41) is 9.18. The minimum absolute atomic E-state index is 0.0782. The number of amides is 1. The Hall–Kier alpha value is -4.04. The fraction of sp³-hybridized carbons (Fsp3) is 0.303. The summed E-state index contributed by atoms with van der Waals surface area (Å²) in [6.45, 7) is 4.54. The van der Waals surface area contributed by atoms with Gasteiger partial charge in [0.25, 0.3) is 5.91 Å². The van der Waals surface area contributed by atoms with Gasteiger partial charge in [-0.1, -0.05) is 30.0 Å². The van der Waals surface area contributed by atoms with Crippen LogP contribution in [0.4, 0.5) is 8.78 Å². The number of rotatable bonds is 13. The van der Waals surface area contributed by atoms with E-state index in [9.17, 15) is 23.5 Å². The number of halogens is 2. The highest BCUT2D eigenvalue weighted by molar-refractivity contribution is 8.26. The van der Waals surface area contributed by atoms with E-state index in [0.29, 0.717) is 76.9 Å². The fourth-order valence-corrected chi connectivity index (χ4v) is 6.27. The van der Waals surface area contributed by atoms with E-state index in [-0.39, 0.29) is 23.6 Å². The van der Waals surface area contributed by atoms with E-state index in [4.69, 9.17) is 31.2 Å². The summed E-state index contributed by atoms with van der Waals surface area (Å²) in [5.41, 5.74) is 1.32. The van der Waals surface area contributed by atoms with E-state index in [1.165, 1.54) is 42.3 Å². The maximum atomic E-state index is 14.9. The van der Waals surface area contributed by atoms with Gasteiger partial charge in [-0.25, -0.2) is 13.6 Å². The Morgan fingerprint density at radius 3 is 2.48 bits per heavy atom. The minimum atomic E-state index is -1.07. The molecule has 0 spiro atoms. The quantitative estimate of drug-likeness (QED) is 0.138. The summed E-state index contributed by atoms with van der Waals surface area (Å²) in [7, 11) is 1.42. The number of thiocarbonyl (C=S) groups is 1. The molecule has 2 aliphatic rings. The average Bonchev–Trinajstić information content (AvgIpc) is 3.31. The molecular weight excluding hydrogens is 639 g/mol. The second kappa shape index (κ2) is 15.5. The first kappa shape index (κ1) is 33.3. The number of benzene rings is 3. The molecule has 2 aliphatic heterocycles. The SMILES string of the molecule is COc1cc(C(=O)O)ccc1OCCCN1C(=O)/C(=C/c2ccc(OCCN3CCOCC3)c(-c3ccc(F)cc3F)c2)SC1=S. The van der Waals surface area contributed by atoms with Crippen LogP contribution in [0.25, 0.3) is 17.2 Å². The molecule has 0 aliphatic carbocycles. The number of carbonyl (C=O) groups is 2. The van der Waals surface area contributed by atoms with Crippen LogP contribution in [-0.2, 0) is 9.53 Å². The van der Waals surface area contributed by atoms with Crippen molar-refractivity contribution in [2.24, 2.45) is 0 Å². The van der Waals surface area contributed by atoms with Crippen LogP contribution < -0.4 is 14.2 Å². The van der Waals surface area contributed by atoms with E-state index in [0.717, 1.165) is 30.9 Å². The number of carbonyl (C=O) groups excluding carboxylic acids is 1. The van der Waals surface area contributed by atoms with Crippen molar-refractivity contribution in [3.05, 3.63) is 82.3 Å².